The van der Waals surface area contributed by atoms with E-state index in [1.54, 1.807) is 12.3 Å². The molecule has 1 rings (SSSR count). The first-order valence-electron chi connectivity index (χ1n) is 5.47. The summed E-state index contributed by atoms with van der Waals surface area (Å²) in [6.07, 6.45) is 2.43. The summed E-state index contributed by atoms with van der Waals surface area (Å²) in [5.74, 6) is 7.32. The van der Waals surface area contributed by atoms with Crippen molar-refractivity contribution < 1.29 is 4.21 Å². The fraction of sp³-hybridized carbons (Fsp3) is 0.600. The molecule has 1 aromatic rings. The number of rotatable bonds is 6. The van der Waals surface area contributed by atoms with Gasteiger partial charge in [0.25, 0.3) is 0 Å². The van der Waals surface area contributed by atoms with Crippen LogP contribution in [0.1, 0.15) is 19.7 Å². The molecule has 7 heteroatoms. The minimum absolute atomic E-state index is 0.0735. The highest BCUT2D eigenvalue weighted by atomic mass is 32.2. The van der Waals surface area contributed by atoms with E-state index in [2.05, 4.69) is 20.7 Å². The van der Waals surface area contributed by atoms with Crippen molar-refractivity contribution in [1.82, 2.24) is 9.97 Å². The van der Waals surface area contributed by atoms with Crippen LogP contribution in [-0.4, -0.2) is 32.2 Å². The van der Waals surface area contributed by atoms with Crippen molar-refractivity contribution in [3.05, 3.63) is 11.9 Å². The highest BCUT2D eigenvalue weighted by Gasteiger charge is 2.07. The highest BCUT2D eigenvalue weighted by Crippen LogP contribution is 2.11. The summed E-state index contributed by atoms with van der Waals surface area (Å²) >= 11 is 0. The van der Waals surface area contributed by atoms with Gasteiger partial charge < -0.3 is 10.7 Å². The third-order valence-corrected chi connectivity index (χ3v) is 3.67. The molecule has 1 aromatic heterocycles. The Morgan fingerprint density at radius 1 is 1.47 bits per heavy atom. The number of hydrazine groups is 1. The summed E-state index contributed by atoms with van der Waals surface area (Å²) in [6.45, 7) is 4.50. The maximum atomic E-state index is 11.2. The number of aryl methyl sites for hydroxylation is 1. The number of nitrogens with zero attached hydrogens (tertiary/aromatic N) is 2. The van der Waals surface area contributed by atoms with Gasteiger partial charge in [-0.15, -0.1) is 0 Å². The van der Waals surface area contributed by atoms with E-state index in [9.17, 15) is 4.21 Å². The van der Waals surface area contributed by atoms with Crippen LogP contribution in [-0.2, 0) is 17.2 Å². The molecule has 17 heavy (non-hydrogen) atoms. The minimum atomic E-state index is -0.844. The number of anilines is 2. The Labute approximate surface area is 104 Å². The fourth-order valence-electron chi connectivity index (χ4n) is 1.19. The van der Waals surface area contributed by atoms with Crippen LogP contribution in [0, 0.1) is 0 Å². The first-order valence-corrected chi connectivity index (χ1v) is 7.09. The predicted molar refractivity (Wildman–Crippen MR) is 71.2 cm³/mol. The van der Waals surface area contributed by atoms with E-state index >= 15 is 0 Å². The quantitative estimate of drug-likeness (QED) is 0.508. The SMILES string of the molecule is CCc1nc(NN)cc(NCC(C)S(C)=O)n1. The number of nitrogens with two attached hydrogens (primary N) is 1. The lowest BCUT2D eigenvalue weighted by molar-refractivity contribution is 0.678. The average molecular weight is 257 g/mol. The lowest BCUT2D eigenvalue weighted by Gasteiger charge is -2.12. The van der Waals surface area contributed by atoms with Gasteiger partial charge in [-0.05, 0) is 6.92 Å². The number of hydrogen-bond donors (Lipinski definition) is 3. The monoisotopic (exact) mass is 257 g/mol. The average Bonchev–Trinajstić information content (AvgIpc) is 2.35. The molecule has 0 bridgehead atoms. The maximum absolute atomic E-state index is 11.2. The van der Waals surface area contributed by atoms with E-state index in [0.717, 1.165) is 6.42 Å². The van der Waals surface area contributed by atoms with Gasteiger partial charge in [0.05, 0.1) is 0 Å². The Hall–Kier alpha value is -1.21. The van der Waals surface area contributed by atoms with Crippen molar-refractivity contribution in [2.24, 2.45) is 5.84 Å². The molecule has 0 aliphatic heterocycles. The molecule has 0 amide bonds. The number of nitrogen functional groups attached to an aromatic ring is 1. The van der Waals surface area contributed by atoms with E-state index in [4.69, 9.17) is 5.84 Å². The van der Waals surface area contributed by atoms with E-state index in [1.807, 2.05) is 13.8 Å². The van der Waals surface area contributed by atoms with Crippen molar-refractivity contribution in [3.8, 4) is 0 Å². The zero-order valence-corrected chi connectivity index (χ0v) is 11.2. The molecular formula is C10H19N5OS. The van der Waals surface area contributed by atoms with Crippen LogP contribution >= 0.6 is 0 Å². The smallest absolute Gasteiger partial charge is 0.145 e. The second kappa shape index (κ2) is 6.51. The van der Waals surface area contributed by atoms with Crippen molar-refractivity contribution in [1.29, 1.82) is 0 Å². The van der Waals surface area contributed by atoms with Crippen LogP contribution in [0.4, 0.5) is 11.6 Å². The second-order valence-corrected chi connectivity index (χ2v) is 5.54. The molecule has 1 heterocycles. The van der Waals surface area contributed by atoms with Gasteiger partial charge in [0, 0.05) is 41.3 Å². The Balaban J connectivity index is 2.73. The van der Waals surface area contributed by atoms with Crippen LogP contribution in [0.2, 0.25) is 0 Å². The van der Waals surface area contributed by atoms with Gasteiger partial charge >= 0.3 is 0 Å². The zero-order chi connectivity index (χ0) is 12.8. The molecule has 4 N–H and O–H groups in total. The van der Waals surface area contributed by atoms with Gasteiger partial charge in [0.2, 0.25) is 0 Å². The molecule has 0 saturated carbocycles. The fourth-order valence-corrected chi connectivity index (χ4v) is 1.50. The van der Waals surface area contributed by atoms with Crippen LogP contribution in [0.3, 0.4) is 0 Å². The third-order valence-electron chi connectivity index (χ3n) is 2.37. The molecule has 0 spiro atoms. The second-order valence-electron chi connectivity index (χ2n) is 3.74. The minimum Gasteiger partial charge on any atom is -0.369 e. The van der Waals surface area contributed by atoms with Gasteiger partial charge in [-0.3, -0.25) is 4.21 Å². The van der Waals surface area contributed by atoms with Gasteiger partial charge in [-0.25, -0.2) is 15.8 Å². The topological polar surface area (TPSA) is 92.9 Å². The van der Waals surface area contributed by atoms with Crippen LogP contribution in [0.15, 0.2) is 6.07 Å². The zero-order valence-electron chi connectivity index (χ0n) is 10.4. The summed E-state index contributed by atoms with van der Waals surface area (Å²) in [5.41, 5.74) is 2.50. The molecule has 2 atom stereocenters. The van der Waals surface area contributed by atoms with Crippen LogP contribution < -0.4 is 16.6 Å². The number of hydrogen-bond acceptors (Lipinski definition) is 6. The normalized spacial score (nSPS) is 14.1. The largest absolute Gasteiger partial charge is 0.369 e. The lowest BCUT2D eigenvalue weighted by Crippen LogP contribution is -2.21. The van der Waals surface area contributed by atoms with Crippen molar-refractivity contribution in [3.63, 3.8) is 0 Å². The third kappa shape index (κ3) is 4.27. The van der Waals surface area contributed by atoms with Gasteiger partial charge in [0.1, 0.15) is 17.5 Å². The summed E-state index contributed by atoms with van der Waals surface area (Å²) < 4.78 is 11.2. The molecule has 0 aliphatic rings. The van der Waals surface area contributed by atoms with Gasteiger partial charge in [-0.2, -0.15) is 0 Å². The summed E-state index contributed by atoms with van der Waals surface area (Å²) in [6, 6.07) is 1.73. The number of aromatic nitrogens is 2. The Kier molecular flexibility index (Phi) is 5.30. The lowest BCUT2D eigenvalue weighted by atomic mass is 10.4. The molecule has 6 nitrogen and oxygen atoms in total. The van der Waals surface area contributed by atoms with Crippen molar-refractivity contribution >= 4 is 22.4 Å². The summed E-state index contributed by atoms with van der Waals surface area (Å²) in [7, 11) is -0.844. The Morgan fingerprint density at radius 3 is 2.65 bits per heavy atom. The molecule has 96 valence electrons. The molecule has 0 aromatic carbocycles. The summed E-state index contributed by atoms with van der Waals surface area (Å²) in [4.78, 5) is 8.50. The van der Waals surface area contributed by atoms with Crippen LogP contribution in [0.5, 0.6) is 0 Å². The predicted octanol–water partition coefficient (Wildman–Crippen LogP) is 0.503. The van der Waals surface area contributed by atoms with E-state index in [0.29, 0.717) is 24.0 Å². The summed E-state index contributed by atoms with van der Waals surface area (Å²) in [5, 5.41) is 3.21. The van der Waals surface area contributed by atoms with Crippen molar-refractivity contribution in [2.45, 2.75) is 25.5 Å². The molecule has 0 saturated heterocycles. The van der Waals surface area contributed by atoms with E-state index in [-0.39, 0.29) is 5.25 Å². The molecule has 2 unspecified atom stereocenters. The van der Waals surface area contributed by atoms with Gasteiger partial charge in [-0.1, -0.05) is 6.92 Å². The van der Waals surface area contributed by atoms with Crippen LogP contribution in [0.25, 0.3) is 0 Å². The molecular weight excluding hydrogens is 238 g/mol. The van der Waals surface area contributed by atoms with E-state index in [1.165, 1.54) is 0 Å². The molecule has 0 fully saturated rings. The number of nitrogens with one attached hydrogen (secondary N) is 2. The van der Waals surface area contributed by atoms with E-state index < -0.39 is 10.8 Å². The standard InChI is InChI=1S/C10H19N5OS/c1-4-8-13-9(5-10(14-8)15-11)12-6-7(2)17(3)16/h5,7H,4,6,11H2,1-3H3,(H2,12,13,14,15). The Bertz CT molecular complexity index is 376. The molecule has 0 radical (unpaired) electrons. The molecule has 0 aliphatic carbocycles. The van der Waals surface area contributed by atoms with Crippen molar-refractivity contribution in [2.75, 3.05) is 23.5 Å². The highest BCUT2D eigenvalue weighted by molar-refractivity contribution is 7.84. The first-order chi connectivity index (χ1) is 8.06. The first kappa shape index (κ1) is 13.9. The maximum Gasteiger partial charge on any atom is 0.145 e. The Morgan fingerprint density at radius 2 is 2.12 bits per heavy atom. The van der Waals surface area contributed by atoms with Gasteiger partial charge in [0.15, 0.2) is 0 Å².